The third-order valence-corrected chi connectivity index (χ3v) is 2.24. The Balaban J connectivity index is 2.93. The SMILES string of the molecule is CC(CO)COc1ccc([N+](=O)[O-])c(C(=O)O)c1. The maximum absolute atomic E-state index is 10.9. The number of benzene rings is 1. The Kier molecular flexibility index (Phi) is 4.61. The monoisotopic (exact) mass is 255 g/mol. The molecule has 0 fully saturated rings. The molecule has 0 radical (unpaired) electrons. The lowest BCUT2D eigenvalue weighted by molar-refractivity contribution is -0.385. The van der Waals surface area contributed by atoms with E-state index in [1.807, 2.05) is 0 Å². The highest BCUT2D eigenvalue weighted by molar-refractivity contribution is 5.92. The van der Waals surface area contributed by atoms with Crippen molar-refractivity contribution < 1.29 is 24.7 Å². The van der Waals surface area contributed by atoms with Gasteiger partial charge in [0.1, 0.15) is 11.3 Å². The first-order chi connectivity index (χ1) is 8.45. The van der Waals surface area contributed by atoms with E-state index in [-0.39, 0.29) is 24.9 Å². The molecule has 0 aliphatic carbocycles. The van der Waals surface area contributed by atoms with Gasteiger partial charge in [-0.1, -0.05) is 6.92 Å². The van der Waals surface area contributed by atoms with Crippen molar-refractivity contribution in [3.8, 4) is 5.75 Å². The van der Waals surface area contributed by atoms with E-state index in [9.17, 15) is 14.9 Å². The Bertz CT molecular complexity index is 459. The second-order valence-corrected chi connectivity index (χ2v) is 3.84. The normalized spacial score (nSPS) is 11.9. The van der Waals surface area contributed by atoms with E-state index in [2.05, 4.69) is 0 Å². The van der Waals surface area contributed by atoms with E-state index in [4.69, 9.17) is 14.9 Å². The molecular formula is C11H13NO6. The Morgan fingerprint density at radius 2 is 2.22 bits per heavy atom. The van der Waals surface area contributed by atoms with Crippen molar-refractivity contribution >= 4 is 11.7 Å². The zero-order chi connectivity index (χ0) is 13.7. The minimum absolute atomic E-state index is 0.0568. The molecule has 0 amide bonds. The van der Waals surface area contributed by atoms with Crippen LogP contribution >= 0.6 is 0 Å². The molecule has 1 rings (SSSR count). The molecule has 1 aromatic rings. The van der Waals surface area contributed by atoms with E-state index in [0.29, 0.717) is 0 Å². The van der Waals surface area contributed by atoms with Gasteiger partial charge in [0.25, 0.3) is 5.69 Å². The zero-order valence-electron chi connectivity index (χ0n) is 9.70. The molecule has 1 atom stereocenters. The highest BCUT2D eigenvalue weighted by atomic mass is 16.6. The summed E-state index contributed by atoms with van der Waals surface area (Å²) >= 11 is 0. The molecule has 0 bridgehead atoms. The predicted molar refractivity (Wildman–Crippen MR) is 61.8 cm³/mol. The summed E-state index contributed by atoms with van der Waals surface area (Å²) in [5.41, 5.74) is -0.904. The standard InChI is InChI=1S/C11H13NO6/c1-7(5-13)6-18-8-2-3-10(12(16)17)9(4-8)11(14)15/h2-4,7,13H,5-6H2,1H3,(H,14,15). The van der Waals surface area contributed by atoms with Crippen LogP contribution in [0.1, 0.15) is 17.3 Å². The van der Waals surface area contributed by atoms with E-state index < -0.39 is 22.1 Å². The van der Waals surface area contributed by atoms with Crippen molar-refractivity contribution in [1.82, 2.24) is 0 Å². The van der Waals surface area contributed by atoms with Crippen LogP contribution in [0.5, 0.6) is 5.75 Å². The van der Waals surface area contributed by atoms with Crippen molar-refractivity contribution in [2.75, 3.05) is 13.2 Å². The lowest BCUT2D eigenvalue weighted by atomic mass is 10.1. The molecule has 7 nitrogen and oxygen atoms in total. The van der Waals surface area contributed by atoms with Crippen LogP contribution in [0.15, 0.2) is 18.2 Å². The maximum Gasteiger partial charge on any atom is 0.342 e. The first-order valence-electron chi connectivity index (χ1n) is 5.21. The van der Waals surface area contributed by atoms with Gasteiger partial charge in [-0.2, -0.15) is 0 Å². The van der Waals surface area contributed by atoms with E-state index >= 15 is 0 Å². The van der Waals surface area contributed by atoms with Crippen molar-refractivity contribution in [1.29, 1.82) is 0 Å². The molecule has 0 spiro atoms. The van der Waals surface area contributed by atoms with Gasteiger partial charge >= 0.3 is 5.97 Å². The average molecular weight is 255 g/mol. The molecule has 0 aliphatic rings. The number of nitrogens with zero attached hydrogens (tertiary/aromatic N) is 1. The van der Waals surface area contributed by atoms with Crippen LogP contribution in [0.25, 0.3) is 0 Å². The number of aliphatic hydroxyl groups is 1. The summed E-state index contributed by atoms with van der Waals surface area (Å²) < 4.78 is 5.24. The number of hydrogen-bond acceptors (Lipinski definition) is 5. The second-order valence-electron chi connectivity index (χ2n) is 3.84. The summed E-state index contributed by atoms with van der Waals surface area (Å²) in [6, 6.07) is 3.52. The van der Waals surface area contributed by atoms with Gasteiger partial charge in [0.2, 0.25) is 0 Å². The molecule has 0 heterocycles. The Morgan fingerprint density at radius 1 is 1.56 bits per heavy atom. The van der Waals surface area contributed by atoms with E-state index in [1.54, 1.807) is 6.92 Å². The molecule has 1 aromatic carbocycles. The van der Waals surface area contributed by atoms with Crippen molar-refractivity contribution in [3.63, 3.8) is 0 Å². The lowest BCUT2D eigenvalue weighted by Gasteiger charge is -2.10. The Labute approximate surface area is 103 Å². The number of aromatic carboxylic acids is 1. The summed E-state index contributed by atoms with van der Waals surface area (Å²) in [6.45, 7) is 1.90. The molecular weight excluding hydrogens is 242 g/mol. The highest BCUT2D eigenvalue weighted by Crippen LogP contribution is 2.24. The molecule has 0 aromatic heterocycles. The summed E-state index contributed by atoms with van der Waals surface area (Å²) in [7, 11) is 0. The highest BCUT2D eigenvalue weighted by Gasteiger charge is 2.20. The summed E-state index contributed by atoms with van der Waals surface area (Å²) in [4.78, 5) is 20.7. The second kappa shape index (κ2) is 5.97. The number of hydrogen-bond donors (Lipinski definition) is 2. The molecule has 2 N–H and O–H groups in total. The predicted octanol–water partition coefficient (Wildman–Crippen LogP) is 1.30. The van der Waals surface area contributed by atoms with Crippen LogP contribution in [0, 0.1) is 16.0 Å². The van der Waals surface area contributed by atoms with Gasteiger partial charge in [0, 0.05) is 24.7 Å². The van der Waals surface area contributed by atoms with Crippen LogP contribution in [-0.4, -0.2) is 34.3 Å². The minimum atomic E-state index is -1.39. The molecule has 7 heteroatoms. The van der Waals surface area contributed by atoms with Gasteiger partial charge in [-0.05, 0) is 6.07 Å². The van der Waals surface area contributed by atoms with Gasteiger partial charge < -0.3 is 14.9 Å². The number of ether oxygens (including phenoxy) is 1. The fraction of sp³-hybridized carbons (Fsp3) is 0.364. The number of carboxylic acid groups (broad SMARTS) is 1. The van der Waals surface area contributed by atoms with Crippen LogP contribution in [0.2, 0.25) is 0 Å². The van der Waals surface area contributed by atoms with Gasteiger partial charge in [0.15, 0.2) is 0 Å². The quantitative estimate of drug-likeness (QED) is 0.585. The van der Waals surface area contributed by atoms with Gasteiger partial charge in [0.05, 0.1) is 11.5 Å². The molecule has 18 heavy (non-hydrogen) atoms. The van der Waals surface area contributed by atoms with Gasteiger partial charge in [-0.3, -0.25) is 10.1 Å². The maximum atomic E-state index is 10.9. The lowest BCUT2D eigenvalue weighted by Crippen LogP contribution is -2.12. The minimum Gasteiger partial charge on any atom is -0.493 e. The molecule has 1 unspecified atom stereocenters. The summed E-state index contributed by atoms with van der Waals surface area (Å²) in [6.07, 6.45) is 0. The number of carbonyl (C=O) groups is 1. The van der Waals surface area contributed by atoms with Crippen LogP contribution in [-0.2, 0) is 0 Å². The van der Waals surface area contributed by atoms with Gasteiger partial charge in [-0.25, -0.2) is 4.79 Å². The van der Waals surface area contributed by atoms with Crippen LogP contribution in [0.3, 0.4) is 0 Å². The molecule has 98 valence electrons. The number of carboxylic acids is 1. The molecule has 0 saturated carbocycles. The molecule has 0 aliphatic heterocycles. The van der Waals surface area contributed by atoms with Crippen molar-refractivity contribution in [2.45, 2.75) is 6.92 Å². The summed E-state index contributed by atoms with van der Waals surface area (Å²) in [5.74, 6) is -1.27. The van der Waals surface area contributed by atoms with Gasteiger partial charge in [-0.15, -0.1) is 0 Å². The third kappa shape index (κ3) is 3.42. The Morgan fingerprint density at radius 3 is 2.72 bits per heavy atom. The number of rotatable bonds is 6. The van der Waals surface area contributed by atoms with E-state index in [0.717, 1.165) is 12.1 Å². The van der Waals surface area contributed by atoms with Crippen molar-refractivity contribution in [3.05, 3.63) is 33.9 Å². The topological polar surface area (TPSA) is 110 Å². The fourth-order valence-corrected chi connectivity index (χ4v) is 1.23. The number of nitro benzene ring substituents is 1. The third-order valence-electron chi connectivity index (χ3n) is 2.24. The smallest absolute Gasteiger partial charge is 0.342 e. The molecule has 0 saturated heterocycles. The number of nitro groups is 1. The number of aliphatic hydroxyl groups excluding tert-OH is 1. The van der Waals surface area contributed by atoms with Crippen LogP contribution in [0.4, 0.5) is 5.69 Å². The fourth-order valence-electron chi connectivity index (χ4n) is 1.23. The summed E-state index contributed by atoms with van der Waals surface area (Å²) in [5, 5.41) is 28.3. The van der Waals surface area contributed by atoms with E-state index in [1.165, 1.54) is 6.07 Å². The first-order valence-corrected chi connectivity index (χ1v) is 5.21. The van der Waals surface area contributed by atoms with Crippen molar-refractivity contribution in [2.24, 2.45) is 5.92 Å². The van der Waals surface area contributed by atoms with Crippen LogP contribution < -0.4 is 4.74 Å². The first kappa shape index (κ1) is 13.9. The largest absolute Gasteiger partial charge is 0.493 e. The zero-order valence-corrected chi connectivity index (χ0v) is 9.70. The average Bonchev–Trinajstić information content (AvgIpc) is 2.35. The Hall–Kier alpha value is -2.15.